The minimum atomic E-state index is -3.22. The third kappa shape index (κ3) is 4.07. The molecule has 0 atom stereocenters. The van der Waals surface area contributed by atoms with Crippen molar-refractivity contribution in [1.82, 2.24) is 9.97 Å². The lowest BCUT2D eigenvalue weighted by Gasteiger charge is -2.15. The summed E-state index contributed by atoms with van der Waals surface area (Å²) in [5.41, 5.74) is 0.0919. The van der Waals surface area contributed by atoms with E-state index in [1.165, 1.54) is 38.6 Å². The Morgan fingerprint density at radius 3 is 2.50 bits per heavy atom. The number of hydrogen-bond donors (Lipinski definition) is 0. The smallest absolute Gasteiger partial charge is 0.312 e. The van der Waals surface area contributed by atoms with Gasteiger partial charge in [0.15, 0.2) is 0 Å². The second-order valence-electron chi connectivity index (χ2n) is 5.79. The van der Waals surface area contributed by atoms with Crippen molar-refractivity contribution in [2.24, 2.45) is 0 Å². The van der Waals surface area contributed by atoms with Crippen molar-refractivity contribution in [2.75, 3.05) is 20.8 Å². The third-order valence-corrected chi connectivity index (χ3v) is 3.89. The van der Waals surface area contributed by atoms with Crippen LogP contribution in [0.1, 0.15) is 5.69 Å². The Hall–Kier alpha value is -3.13. The number of alkyl halides is 2. The molecule has 0 saturated carbocycles. The van der Waals surface area contributed by atoms with Gasteiger partial charge in [-0.05, 0) is 36.4 Å². The van der Waals surface area contributed by atoms with Gasteiger partial charge in [-0.25, -0.2) is 9.37 Å². The molecule has 0 saturated heterocycles. The van der Waals surface area contributed by atoms with Crippen LogP contribution in [0.15, 0.2) is 54.9 Å². The Labute approximate surface area is 159 Å². The fourth-order valence-electron chi connectivity index (χ4n) is 2.62. The molecule has 1 aromatic carbocycles. The van der Waals surface area contributed by atoms with Crippen LogP contribution in [0.4, 0.5) is 13.2 Å². The van der Waals surface area contributed by atoms with E-state index in [1.54, 1.807) is 18.2 Å². The number of pyridine rings is 2. The Bertz CT molecular complexity index is 950. The fraction of sp³-hybridized carbons (Fsp3) is 0.200. The first-order valence-electron chi connectivity index (χ1n) is 8.25. The molecule has 5 nitrogen and oxygen atoms in total. The van der Waals surface area contributed by atoms with E-state index in [1.807, 2.05) is 0 Å². The molecule has 0 aliphatic carbocycles. The molecule has 0 aliphatic heterocycles. The van der Waals surface area contributed by atoms with Crippen molar-refractivity contribution < 1.29 is 27.4 Å². The van der Waals surface area contributed by atoms with E-state index in [2.05, 4.69) is 14.7 Å². The molecular weight excluding hydrogens is 373 g/mol. The zero-order valence-corrected chi connectivity index (χ0v) is 15.2. The molecular formula is C20H17F3N2O3. The van der Waals surface area contributed by atoms with Crippen LogP contribution in [0.25, 0.3) is 11.1 Å². The van der Waals surface area contributed by atoms with Crippen LogP contribution in [0.5, 0.6) is 17.4 Å². The SMILES string of the molecule is COCC(F)(F)c1ccc(Oc2ncccc2-c2c(F)cccc2OC)cn1. The lowest BCUT2D eigenvalue weighted by Crippen LogP contribution is -2.21. The van der Waals surface area contributed by atoms with Crippen LogP contribution >= 0.6 is 0 Å². The Balaban J connectivity index is 1.93. The Morgan fingerprint density at radius 2 is 1.82 bits per heavy atom. The van der Waals surface area contributed by atoms with Crippen LogP contribution in [-0.2, 0) is 10.7 Å². The largest absolute Gasteiger partial charge is 0.496 e. The zero-order valence-electron chi connectivity index (χ0n) is 15.2. The van der Waals surface area contributed by atoms with E-state index in [-0.39, 0.29) is 17.2 Å². The van der Waals surface area contributed by atoms with Gasteiger partial charge in [-0.1, -0.05) is 6.07 Å². The van der Waals surface area contributed by atoms with Gasteiger partial charge in [0.2, 0.25) is 5.88 Å². The van der Waals surface area contributed by atoms with Crippen molar-refractivity contribution in [1.29, 1.82) is 0 Å². The monoisotopic (exact) mass is 390 g/mol. The highest BCUT2D eigenvalue weighted by molar-refractivity contribution is 5.75. The topological polar surface area (TPSA) is 53.5 Å². The van der Waals surface area contributed by atoms with Crippen LogP contribution in [0.2, 0.25) is 0 Å². The summed E-state index contributed by atoms with van der Waals surface area (Å²) >= 11 is 0. The molecule has 146 valence electrons. The summed E-state index contributed by atoms with van der Waals surface area (Å²) in [7, 11) is 2.61. The predicted octanol–water partition coefficient (Wildman–Crippen LogP) is 4.82. The van der Waals surface area contributed by atoms with Crippen molar-refractivity contribution in [3.63, 3.8) is 0 Å². The average molecular weight is 390 g/mol. The number of halogens is 3. The summed E-state index contributed by atoms with van der Waals surface area (Å²) in [6.45, 7) is -0.780. The van der Waals surface area contributed by atoms with Crippen LogP contribution in [-0.4, -0.2) is 30.8 Å². The molecule has 3 aromatic rings. The molecule has 0 fully saturated rings. The second-order valence-corrected chi connectivity index (χ2v) is 5.79. The average Bonchev–Trinajstić information content (AvgIpc) is 2.69. The number of nitrogens with zero attached hydrogens (tertiary/aromatic N) is 2. The van der Waals surface area contributed by atoms with Gasteiger partial charge in [0.25, 0.3) is 0 Å². The van der Waals surface area contributed by atoms with Gasteiger partial charge in [0.1, 0.15) is 29.6 Å². The van der Waals surface area contributed by atoms with Crippen LogP contribution in [0.3, 0.4) is 0 Å². The summed E-state index contributed by atoms with van der Waals surface area (Å²) in [5, 5.41) is 0. The number of ether oxygens (including phenoxy) is 3. The molecule has 3 rings (SSSR count). The number of rotatable bonds is 7. The van der Waals surface area contributed by atoms with E-state index >= 15 is 0 Å². The summed E-state index contributed by atoms with van der Waals surface area (Å²) < 4.78 is 57.5. The van der Waals surface area contributed by atoms with Crippen molar-refractivity contribution in [3.05, 3.63) is 66.4 Å². The van der Waals surface area contributed by atoms with E-state index < -0.39 is 24.0 Å². The third-order valence-electron chi connectivity index (χ3n) is 3.89. The van der Waals surface area contributed by atoms with Gasteiger partial charge in [-0.3, -0.25) is 4.98 Å². The van der Waals surface area contributed by atoms with Crippen molar-refractivity contribution >= 4 is 0 Å². The Morgan fingerprint density at radius 1 is 1.00 bits per heavy atom. The number of aromatic nitrogens is 2. The lowest BCUT2D eigenvalue weighted by atomic mass is 10.1. The molecule has 0 spiro atoms. The van der Waals surface area contributed by atoms with Gasteiger partial charge in [-0.15, -0.1) is 0 Å². The van der Waals surface area contributed by atoms with Crippen molar-refractivity contribution in [2.45, 2.75) is 5.92 Å². The normalized spacial score (nSPS) is 11.3. The molecule has 28 heavy (non-hydrogen) atoms. The minimum Gasteiger partial charge on any atom is -0.496 e. The predicted molar refractivity (Wildman–Crippen MR) is 96.3 cm³/mol. The zero-order chi connectivity index (χ0) is 20.1. The first-order valence-corrected chi connectivity index (χ1v) is 8.25. The maximum atomic E-state index is 14.4. The van der Waals surface area contributed by atoms with Crippen LogP contribution < -0.4 is 9.47 Å². The van der Waals surface area contributed by atoms with Crippen molar-refractivity contribution in [3.8, 4) is 28.5 Å². The van der Waals surface area contributed by atoms with Gasteiger partial charge >= 0.3 is 5.92 Å². The van der Waals surface area contributed by atoms with Gasteiger partial charge < -0.3 is 14.2 Å². The summed E-state index contributed by atoms with van der Waals surface area (Å²) in [4.78, 5) is 7.86. The maximum Gasteiger partial charge on any atom is 0.312 e. The highest BCUT2D eigenvalue weighted by Crippen LogP contribution is 2.38. The highest BCUT2D eigenvalue weighted by Gasteiger charge is 2.33. The summed E-state index contributed by atoms with van der Waals surface area (Å²) in [6.07, 6.45) is 2.62. The summed E-state index contributed by atoms with van der Waals surface area (Å²) in [6, 6.07) is 10.2. The quantitative estimate of drug-likeness (QED) is 0.579. The molecule has 0 bridgehead atoms. The second kappa shape index (κ2) is 8.26. The number of benzene rings is 1. The standard InChI is InChI=1S/C20H17F3N2O3/c1-26-12-20(22,23)17-9-8-13(11-25-17)28-19-14(5-4-10-24-19)18-15(21)6-3-7-16(18)27-2/h3-11H,12H2,1-2H3. The molecule has 0 amide bonds. The fourth-order valence-corrected chi connectivity index (χ4v) is 2.62. The Kier molecular flexibility index (Phi) is 5.79. The molecule has 0 aliphatic rings. The molecule has 0 N–H and O–H groups in total. The van der Waals surface area contributed by atoms with E-state index in [9.17, 15) is 13.2 Å². The first-order chi connectivity index (χ1) is 13.5. The first kappa shape index (κ1) is 19.6. The molecule has 2 aromatic heterocycles. The minimum absolute atomic E-state index is 0.0871. The molecule has 8 heteroatoms. The maximum absolute atomic E-state index is 14.4. The molecule has 2 heterocycles. The van der Waals surface area contributed by atoms with E-state index in [0.29, 0.717) is 11.3 Å². The molecule has 0 radical (unpaired) electrons. The van der Waals surface area contributed by atoms with E-state index in [0.717, 1.165) is 12.3 Å². The van der Waals surface area contributed by atoms with Gasteiger partial charge in [0, 0.05) is 13.3 Å². The lowest BCUT2D eigenvalue weighted by molar-refractivity contribution is -0.0731. The molecule has 0 unspecified atom stereocenters. The van der Waals surface area contributed by atoms with Gasteiger partial charge in [-0.2, -0.15) is 8.78 Å². The summed E-state index contributed by atoms with van der Waals surface area (Å²) in [5.74, 6) is -3.16. The number of hydrogen-bond acceptors (Lipinski definition) is 5. The van der Waals surface area contributed by atoms with Crippen LogP contribution in [0, 0.1) is 5.82 Å². The van der Waals surface area contributed by atoms with Gasteiger partial charge in [0.05, 0.1) is 24.4 Å². The number of methoxy groups -OCH3 is 2. The highest BCUT2D eigenvalue weighted by atomic mass is 19.3. The van der Waals surface area contributed by atoms with E-state index in [4.69, 9.17) is 9.47 Å².